The van der Waals surface area contributed by atoms with E-state index in [1.54, 1.807) is 9.58 Å². The summed E-state index contributed by atoms with van der Waals surface area (Å²) >= 11 is 0. The van der Waals surface area contributed by atoms with Gasteiger partial charge in [-0.05, 0) is 18.1 Å². The lowest BCUT2D eigenvalue weighted by atomic mass is 10.0. The highest BCUT2D eigenvalue weighted by molar-refractivity contribution is 5.89. The number of aromatic nitrogens is 4. The molecule has 0 unspecified atom stereocenters. The van der Waals surface area contributed by atoms with Crippen LogP contribution in [0.5, 0.6) is 0 Å². The number of oxazole rings is 1. The van der Waals surface area contributed by atoms with Crippen LogP contribution in [0.25, 0.3) is 11.5 Å². The normalized spacial score (nSPS) is 13.6. The molecule has 1 aromatic carbocycles. The van der Waals surface area contributed by atoms with Gasteiger partial charge < -0.3 is 25.3 Å². The lowest BCUT2D eigenvalue weighted by molar-refractivity contribution is -0.134. The summed E-state index contributed by atoms with van der Waals surface area (Å²) in [6.45, 7) is 1.13. The molecule has 0 fully saturated rings. The minimum Gasteiger partial charge on any atom is -0.478 e. The first-order chi connectivity index (χ1) is 17.5. The number of carbonyl (C=O) groups is 3. The molecule has 12 nitrogen and oxygen atoms in total. The number of benzene rings is 1. The van der Waals surface area contributed by atoms with Crippen molar-refractivity contribution in [3.05, 3.63) is 65.6 Å². The number of amides is 1. The fourth-order valence-electron chi connectivity index (χ4n) is 3.45. The third-order valence-corrected chi connectivity index (χ3v) is 5.16. The van der Waals surface area contributed by atoms with Gasteiger partial charge in [0.05, 0.1) is 25.0 Å². The summed E-state index contributed by atoms with van der Waals surface area (Å²) in [5.41, 5.74) is 7.11. The van der Waals surface area contributed by atoms with E-state index in [1.807, 2.05) is 0 Å². The number of hydrogen-bond donors (Lipinski definition) is 3. The van der Waals surface area contributed by atoms with Crippen molar-refractivity contribution in [2.45, 2.75) is 32.0 Å². The minimum atomic E-state index is -1.27. The first kappa shape index (κ1) is 27.1. The Labute approximate surface area is 206 Å². The second-order valence-electron chi connectivity index (χ2n) is 7.82. The molecule has 0 radical (unpaired) electrons. The summed E-state index contributed by atoms with van der Waals surface area (Å²) in [6.07, 6.45) is 3.74. The highest BCUT2D eigenvalue weighted by atomic mass is 19.2. The highest BCUT2D eigenvalue weighted by Crippen LogP contribution is 2.25. The molecule has 4 rings (SSSR count). The summed E-state index contributed by atoms with van der Waals surface area (Å²) in [4.78, 5) is 37.2. The molecule has 1 amide bonds. The summed E-state index contributed by atoms with van der Waals surface area (Å²) < 4.78 is 47.1. The maximum absolute atomic E-state index is 13.8. The average Bonchev–Trinajstić information content (AvgIpc) is 3.51. The number of rotatable bonds is 7. The molecule has 4 N–H and O–H groups in total. The smallest absolute Gasteiger partial charge is 0.328 e. The Morgan fingerprint density at radius 3 is 2.38 bits per heavy atom. The van der Waals surface area contributed by atoms with Crippen LogP contribution >= 0.6 is 0 Å². The Kier molecular flexibility index (Phi) is 8.73. The van der Waals surface area contributed by atoms with Gasteiger partial charge in [0.1, 0.15) is 5.82 Å². The number of hydrogen-bond acceptors (Lipinski definition) is 8. The summed E-state index contributed by atoms with van der Waals surface area (Å²) in [7, 11) is 0. The number of nitrogens with two attached hydrogens (primary N) is 1. The molecule has 3 aromatic rings. The average molecular weight is 522 g/mol. The highest BCUT2D eigenvalue weighted by Gasteiger charge is 2.27. The molecule has 1 atom stereocenters. The van der Waals surface area contributed by atoms with Gasteiger partial charge in [-0.15, -0.1) is 5.10 Å². The first-order valence-electron chi connectivity index (χ1n) is 10.7. The van der Waals surface area contributed by atoms with Crippen LogP contribution in [-0.4, -0.2) is 65.5 Å². The molecule has 0 saturated carbocycles. The van der Waals surface area contributed by atoms with E-state index >= 15 is 0 Å². The van der Waals surface area contributed by atoms with E-state index in [9.17, 15) is 27.6 Å². The van der Waals surface area contributed by atoms with Gasteiger partial charge in [0.25, 0.3) is 0 Å². The third kappa shape index (κ3) is 7.23. The van der Waals surface area contributed by atoms with Gasteiger partial charge in [-0.25, -0.2) is 32.4 Å². The number of aliphatic carboxylic acids is 2. The predicted octanol–water partition coefficient (Wildman–Crippen LogP) is 1.36. The van der Waals surface area contributed by atoms with E-state index in [2.05, 4.69) is 15.3 Å². The van der Waals surface area contributed by atoms with Gasteiger partial charge in [0.15, 0.2) is 29.5 Å². The van der Waals surface area contributed by atoms with Crippen LogP contribution in [-0.2, 0) is 33.9 Å². The quantitative estimate of drug-likeness (QED) is 0.303. The van der Waals surface area contributed by atoms with Crippen molar-refractivity contribution in [1.82, 2.24) is 24.9 Å². The summed E-state index contributed by atoms with van der Waals surface area (Å²) in [5, 5.41) is 23.8. The van der Waals surface area contributed by atoms with Crippen molar-refractivity contribution in [3.8, 4) is 11.5 Å². The van der Waals surface area contributed by atoms with E-state index in [0.29, 0.717) is 48.5 Å². The van der Waals surface area contributed by atoms with Crippen LogP contribution in [0.3, 0.4) is 0 Å². The fourth-order valence-corrected chi connectivity index (χ4v) is 3.45. The molecule has 0 saturated heterocycles. The zero-order valence-corrected chi connectivity index (χ0v) is 19.1. The molecular formula is C22H21F3N6O6. The minimum absolute atomic E-state index is 0.0715. The zero-order valence-electron chi connectivity index (χ0n) is 19.1. The second kappa shape index (κ2) is 11.9. The monoisotopic (exact) mass is 522 g/mol. The van der Waals surface area contributed by atoms with E-state index in [4.69, 9.17) is 20.4 Å². The molecule has 1 aliphatic heterocycles. The van der Waals surface area contributed by atoms with Crippen LogP contribution < -0.4 is 5.73 Å². The molecule has 2 aromatic heterocycles. The largest absolute Gasteiger partial charge is 0.478 e. The van der Waals surface area contributed by atoms with Crippen LogP contribution in [0.4, 0.5) is 13.2 Å². The Morgan fingerprint density at radius 2 is 1.76 bits per heavy atom. The summed E-state index contributed by atoms with van der Waals surface area (Å²) in [6, 6.07) is 0.493. The van der Waals surface area contributed by atoms with Crippen molar-refractivity contribution in [2.75, 3.05) is 6.54 Å². The Morgan fingerprint density at radius 1 is 1.08 bits per heavy atom. The molecule has 1 aliphatic rings. The SMILES string of the molecule is N[C@@H](CC(=O)N1CCn2nnc(-c3cnco3)c2C1)Cc1cc(F)c(F)cc1F.O=C(O)/C=C/C(=O)O. The van der Waals surface area contributed by atoms with Gasteiger partial charge >= 0.3 is 11.9 Å². The Hall–Kier alpha value is -4.53. The fraction of sp³-hybridized carbons (Fsp3) is 0.273. The number of carboxylic acid groups (broad SMARTS) is 2. The van der Waals surface area contributed by atoms with Gasteiger partial charge in [0, 0.05) is 37.2 Å². The summed E-state index contributed by atoms with van der Waals surface area (Å²) in [5.74, 6) is -5.62. The van der Waals surface area contributed by atoms with E-state index in [-0.39, 0.29) is 30.9 Å². The standard InChI is InChI=1S/C18H17F3N6O2.C4H4O4/c19-12-6-14(21)13(20)4-10(12)3-11(22)5-17(28)26-1-2-27-15(8-26)18(24-25-27)16-7-23-9-29-16;5-3(6)1-2-4(7)8/h4,6-7,9,11H,1-3,5,8,22H2;1-2H,(H,5,6)(H,7,8)/b;2-1+/t11-;/m1./s1. The molecule has 0 spiro atoms. The maximum Gasteiger partial charge on any atom is 0.328 e. The van der Waals surface area contributed by atoms with Crippen molar-refractivity contribution in [2.24, 2.45) is 5.73 Å². The van der Waals surface area contributed by atoms with Crippen molar-refractivity contribution in [3.63, 3.8) is 0 Å². The molecular weight excluding hydrogens is 501 g/mol. The van der Waals surface area contributed by atoms with Crippen LogP contribution in [0.15, 0.2) is 41.3 Å². The Balaban J connectivity index is 0.000000414. The van der Waals surface area contributed by atoms with E-state index < -0.39 is 35.4 Å². The molecule has 0 bridgehead atoms. The molecule has 196 valence electrons. The van der Waals surface area contributed by atoms with Crippen LogP contribution in [0, 0.1) is 17.5 Å². The number of nitrogens with zero attached hydrogens (tertiary/aromatic N) is 5. The predicted molar refractivity (Wildman–Crippen MR) is 118 cm³/mol. The molecule has 37 heavy (non-hydrogen) atoms. The zero-order chi connectivity index (χ0) is 27.1. The van der Waals surface area contributed by atoms with Crippen molar-refractivity contribution in [1.29, 1.82) is 0 Å². The van der Waals surface area contributed by atoms with Crippen LogP contribution in [0.2, 0.25) is 0 Å². The maximum atomic E-state index is 13.8. The van der Waals surface area contributed by atoms with Gasteiger partial charge in [0.2, 0.25) is 5.91 Å². The van der Waals surface area contributed by atoms with E-state index in [0.717, 1.165) is 6.07 Å². The lowest BCUT2D eigenvalue weighted by Gasteiger charge is -2.28. The van der Waals surface area contributed by atoms with Crippen molar-refractivity contribution >= 4 is 17.8 Å². The van der Waals surface area contributed by atoms with Gasteiger partial charge in [-0.1, -0.05) is 5.21 Å². The number of halogens is 3. The van der Waals surface area contributed by atoms with Crippen molar-refractivity contribution < 1.29 is 42.2 Å². The number of carbonyl (C=O) groups excluding carboxylic acids is 1. The van der Waals surface area contributed by atoms with Crippen LogP contribution in [0.1, 0.15) is 17.7 Å². The second-order valence-corrected chi connectivity index (χ2v) is 7.82. The lowest BCUT2D eigenvalue weighted by Crippen LogP contribution is -2.41. The number of carboxylic acids is 2. The van der Waals surface area contributed by atoms with E-state index in [1.165, 1.54) is 12.6 Å². The molecule has 0 aliphatic carbocycles. The Bertz CT molecular complexity index is 1290. The first-order valence-corrected chi connectivity index (χ1v) is 10.7. The number of fused-ring (bicyclic) bond motifs is 1. The topological polar surface area (TPSA) is 178 Å². The molecule has 3 heterocycles. The molecule has 15 heteroatoms. The van der Waals surface area contributed by atoms with Gasteiger partial charge in [-0.2, -0.15) is 0 Å². The third-order valence-electron chi connectivity index (χ3n) is 5.16. The van der Waals surface area contributed by atoms with Gasteiger partial charge in [-0.3, -0.25) is 4.79 Å².